The van der Waals surface area contributed by atoms with Crippen molar-refractivity contribution in [2.45, 2.75) is 42.8 Å². The fraction of sp³-hybridized carbons (Fsp3) is 0.571. The average molecular weight is 316 g/mol. The van der Waals surface area contributed by atoms with E-state index in [2.05, 4.69) is 0 Å². The lowest BCUT2D eigenvalue weighted by Crippen LogP contribution is -2.38. The number of hydrogen-bond acceptors (Lipinski definition) is 5. The van der Waals surface area contributed by atoms with Crippen molar-refractivity contribution in [3.63, 3.8) is 0 Å². The summed E-state index contributed by atoms with van der Waals surface area (Å²) in [5.74, 6) is 0.761. The molecule has 2 rings (SSSR count). The summed E-state index contributed by atoms with van der Waals surface area (Å²) >= 11 is 1.67. The third-order valence-electron chi connectivity index (χ3n) is 3.29. The fourth-order valence-corrected chi connectivity index (χ4v) is 3.44. The van der Waals surface area contributed by atoms with Gasteiger partial charge in [0.2, 0.25) is 0 Å². The number of rotatable bonds is 5. The summed E-state index contributed by atoms with van der Waals surface area (Å²) < 4.78 is 33.7. The predicted molar refractivity (Wildman–Crippen MR) is 80.8 cm³/mol. The van der Waals surface area contributed by atoms with Crippen LogP contribution in [0.25, 0.3) is 0 Å². The Morgan fingerprint density at radius 3 is 2.25 bits per heavy atom. The molecule has 1 fully saturated rings. The van der Waals surface area contributed by atoms with Crippen LogP contribution in [0, 0.1) is 0 Å². The van der Waals surface area contributed by atoms with Crippen LogP contribution in [0.4, 0.5) is 0 Å². The Hall–Kier alpha value is -0.720. The second-order valence-corrected chi connectivity index (χ2v) is 7.44. The van der Waals surface area contributed by atoms with Crippen LogP contribution in [0.5, 0.6) is 5.75 Å². The number of benzene rings is 1. The van der Waals surface area contributed by atoms with Crippen molar-refractivity contribution in [1.29, 1.82) is 0 Å². The van der Waals surface area contributed by atoms with Crippen molar-refractivity contribution >= 4 is 21.9 Å². The molecule has 1 aromatic rings. The maximum atomic E-state index is 11.3. The fourth-order valence-electron chi connectivity index (χ4n) is 2.36. The zero-order valence-electron chi connectivity index (χ0n) is 11.7. The molecule has 1 aliphatic carbocycles. The van der Waals surface area contributed by atoms with Crippen molar-refractivity contribution in [2.75, 3.05) is 12.5 Å². The first kappa shape index (κ1) is 15.7. The van der Waals surface area contributed by atoms with E-state index >= 15 is 0 Å². The Kier molecular flexibility index (Phi) is 5.35. The van der Waals surface area contributed by atoms with Gasteiger partial charge in [0, 0.05) is 4.90 Å². The highest BCUT2D eigenvalue weighted by molar-refractivity contribution is 7.98. The predicted octanol–water partition coefficient (Wildman–Crippen LogP) is 3.07. The molecule has 6 heteroatoms. The molecule has 0 amide bonds. The largest absolute Gasteiger partial charge is 0.488 e. The summed E-state index contributed by atoms with van der Waals surface area (Å²) in [6, 6.07) is 7.82. The topological polar surface area (TPSA) is 52.6 Å². The molecule has 20 heavy (non-hydrogen) atoms. The highest BCUT2D eigenvalue weighted by Crippen LogP contribution is 2.28. The Morgan fingerprint density at radius 2 is 1.70 bits per heavy atom. The molecule has 0 N–H and O–H groups in total. The number of hydrogen-bond donors (Lipinski definition) is 0. The van der Waals surface area contributed by atoms with E-state index in [9.17, 15) is 8.42 Å². The monoisotopic (exact) mass is 316 g/mol. The molecule has 1 aromatic carbocycles. The highest BCUT2D eigenvalue weighted by Gasteiger charge is 2.30. The van der Waals surface area contributed by atoms with Gasteiger partial charge in [0.05, 0.1) is 6.26 Å². The van der Waals surface area contributed by atoms with Gasteiger partial charge in [0.25, 0.3) is 10.1 Å². The van der Waals surface area contributed by atoms with E-state index in [-0.39, 0.29) is 12.2 Å². The van der Waals surface area contributed by atoms with E-state index in [4.69, 9.17) is 8.92 Å². The van der Waals surface area contributed by atoms with E-state index < -0.39 is 10.1 Å². The maximum Gasteiger partial charge on any atom is 0.264 e. The quantitative estimate of drug-likeness (QED) is 0.617. The van der Waals surface area contributed by atoms with Gasteiger partial charge >= 0.3 is 0 Å². The summed E-state index contributed by atoms with van der Waals surface area (Å²) in [7, 11) is -3.44. The molecular formula is C14H20O4S2. The third kappa shape index (κ3) is 4.68. The van der Waals surface area contributed by atoms with Crippen molar-refractivity contribution in [1.82, 2.24) is 0 Å². The second kappa shape index (κ2) is 6.83. The molecule has 0 spiro atoms. The van der Waals surface area contributed by atoms with Gasteiger partial charge in [0.15, 0.2) is 0 Å². The molecule has 0 aliphatic heterocycles. The molecule has 0 bridgehead atoms. The lowest BCUT2D eigenvalue weighted by atomic mass is 9.95. The van der Waals surface area contributed by atoms with Gasteiger partial charge in [-0.1, -0.05) is 6.42 Å². The van der Waals surface area contributed by atoms with Crippen molar-refractivity contribution in [3.8, 4) is 5.75 Å². The minimum atomic E-state index is -3.44. The van der Waals surface area contributed by atoms with Gasteiger partial charge in [-0.05, 0) is 49.8 Å². The Balaban J connectivity index is 2.04. The summed E-state index contributed by atoms with van der Waals surface area (Å²) in [4.78, 5) is 1.17. The Labute approximate surface area is 125 Å². The SMILES string of the molecule is CSc1ccc(O[C@H]2CCCC[C@@H]2OS(C)(=O)=O)cc1. The average Bonchev–Trinajstić information content (AvgIpc) is 2.40. The third-order valence-corrected chi connectivity index (χ3v) is 4.63. The van der Waals surface area contributed by atoms with E-state index in [0.29, 0.717) is 0 Å². The Morgan fingerprint density at radius 1 is 1.10 bits per heavy atom. The zero-order chi connectivity index (χ0) is 14.6. The molecule has 0 unspecified atom stereocenters. The molecule has 0 radical (unpaired) electrons. The molecular weight excluding hydrogens is 296 g/mol. The van der Waals surface area contributed by atoms with Crippen LogP contribution >= 0.6 is 11.8 Å². The van der Waals surface area contributed by atoms with Crippen molar-refractivity contribution in [2.24, 2.45) is 0 Å². The van der Waals surface area contributed by atoms with E-state index in [1.165, 1.54) is 4.90 Å². The zero-order valence-corrected chi connectivity index (χ0v) is 13.4. The second-order valence-electron chi connectivity index (χ2n) is 4.96. The van der Waals surface area contributed by atoms with Gasteiger partial charge in [0.1, 0.15) is 18.0 Å². The molecule has 0 aromatic heterocycles. The van der Waals surface area contributed by atoms with Crippen molar-refractivity contribution < 1.29 is 17.3 Å². The minimum Gasteiger partial charge on any atom is -0.488 e. The van der Waals surface area contributed by atoms with Gasteiger partial charge in [-0.2, -0.15) is 8.42 Å². The molecule has 1 aliphatic rings. The summed E-state index contributed by atoms with van der Waals surface area (Å²) in [6.07, 6.45) is 6.10. The lowest BCUT2D eigenvalue weighted by Gasteiger charge is -2.30. The summed E-state index contributed by atoms with van der Waals surface area (Å²) in [5.41, 5.74) is 0. The van der Waals surface area contributed by atoms with Crippen LogP contribution in [0.2, 0.25) is 0 Å². The number of ether oxygens (including phenoxy) is 1. The summed E-state index contributed by atoms with van der Waals surface area (Å²) in [5, 5.41) is 0. The standard InChI is InChI=1S/C14H20O4S2/c1-19-12-9-7-11(8-10-12)17-13-5-3-4-6-14(13)18-20(2,15)16/h7-10,13-14H,3-6H2,1-2H3/t13-,14-/m0/s1. The number of thioether (sulfide) groups is 1. The first-order chi connectivity index (χ1) is 9.48. The van der Waals surface area contributed by atoms with Gasteiger partial charge in [-0.15, -0.1) is 11.8 Å². The van der Waals surface area contributed by atoms with Crippen LogP contribution in [0.1, 0.15) is 25.7 Å². The maximum absolute atomic E-state index is 11.3. The van der Waals surface area contributed by atoms with Crippen LogP contribution in [-0.2, 0) is 14.3 Å². The highest BCUT2D eigenvalue weighted by atomic mass is 32.2. The molecule has 0 saturated heterocycles. The van der Waals surface area contributed by atoms with E-state index in [0.717, 1.165) is 37.7 Å². The molecule has 2 atom stereocenters. The van der Waals surface area contributed by atoms with Gasteiger partial charge < -0.3 is 4.74 Å². The first-order valence-corrected chi connectivity index (χ1v) is 9.71. The first-order valence-electron chi connectivity index (χ1n) is 6.67. The molecule has 0 heterocycles. The van der Waals surface area contributed by atoms with E-state index in [1.54, 1.807) is 11.8 Å². The molecule has 112 valence electrons. The van der Waals surface area contributed by atoms with Crippen LogP contribution in [-0.4, -0.2) is 33.1 Å². The lowest BCUT2D eigenvalue weighted by molar-refractivity contribution is 0.0277. The smallest absolute Gasteiger partial charge is 0.264 e. The van der Waals surface area contributed by atoms with Crippen LogP contribution in [0.15, 0.2) is 29.2 Å². The van der Waals surface area contributed by atoms with Gasteiger partial charge in [-0.25, -0.2) is 0 Å². The Bertz CT molecular complexity index is 525. The normalized spacial score (nSPS) is 23.5. The molecule has 4 nitrogen and oxygen atoms in total. The van der Waals surface area contributed by atoms with Gasteiger partial charge in [-0.3, -0.25) is 4.18 Å². The van der Waals surface area contributed by atoms with Crippen molar-refractivity contribution in [3.05, 3.63) is 24.3 Å². The van der Waals surface area contributed by atoms with Crippen LogP contribution < -0.4 is 4.74 Å². The summed E-state index contributed by atoms with van der Waals surface area (Å²) in [6.45, 7) is 0. The molecule has 1 saturated carbocycles. The van der Waals surface area contributed by atoms with Crippen LogP contribution in [0.3, 0.4) is 0 Å². The minimum absolute atomic E-state index is 0.196. The van der Waals surface area contributed by atoms with E-state index in [1.807, 2.05) is 30.5 Å².